The van der Waals surface area contributed by atoms with Crippen LogP contribution < -0.4 is 11.3 Å². The van der Waals surface area contributed by atoms with Crippen molar-refractivity contribution in [3.63, 3.8) is 0 Å². The quantitative estimate of drug-likeness (QED) is 0.746. The standard InChI is InChI=1S/C11H13N3O3S/c12-11-13-8-6(4-18-9(8)10(16)14-11)7-2-1-5(3-15)17-7/h4-5,7,15H,1-3H2,(H3,12,13,14,16)/t5-,7+/m0/s1. The van der Waals surface area contributed by atoms with E-state index in [9.17, 15) is 4.79 Å². The number of fused-ring (bicyclic) bond motifs is 1. The van der Waals surface area contributed by atoms with Crippen LogP contribution in [0.1, 0.15) is 24.5 Å². The van der Waals surface area contributed by atoms with Crippen molar-refractivity contribution >= 4 is 27.5 Å². The second-order valence-electron chi connectivity index (χ2n) is 4.33. The fourth-order valence-corrected chi connectivity index (χ4v) is 3.20. The Morgan fingerprint density at radius 3 is 3.17 bits per heavy atom. The maximum atomic E-state index is 11.7. The highest BCUT2D eigenvalue weighted by molar-refractivity contribution is 7.17. The highest BCUT2D eigenvalue weighted by Gasteiger charge is 2.28. The molecule has 2 atom stereocenters. The van der Waals surface area contributed by atoms with E-state index in [-0.39, 0.29) is 30.3 Å². The number of H-pyrrole nitrogens is 1. The lowest BCUT2D eigenvalue weighted by molar-refractivity contribution is 0.0116. The molecule has 1 aliphatic heterocycles. The second kappa shape index (κ2) is 4.34. The number of aromatic amines is 1. The first kappa shape index (κ1) is 11.6. The van der Waals surface area contributed by atoms with E-state index in [1.54, 1.807) is 0 Å². The number of nitrogen functional groups attached to an aromatic ring is 1. The summed E-state index contributed by atoms with van der Waals surface area (Å²) >= 11 is 1.34. The molecule has 2 aromatic rings. The number of hydrogen-bond donors (Lipinski definition) is 3. The number of nitrogens with one attached hydrogen (secondary N) is 1. The van der Waals surface area contributed by atoms with Crippen LogP contribution in [0.3, 0.4) is 0 Å². The third-order valence-corrected chi connectivity index (χ3v) is 4.12. The molecule has 0 amide bonds. The SMILES string of the molecule is Nc1nc2c([C@H]3CC[C@@H](CO)O3)csc2c(=O)[nH]1. The van der Waals surface area contributed by atoms with Crippen LogP contribution in [-0.2, 0) is 4.74 Å². The summed E-state index contributed by atoms with van der Waals surface area (Å²) in [5.74, 6) is 0.115. The van der Waals surface area contributed by atoms with Gasteiger partial charge in [0.2, 0.25) is 5.95 Å². The van der Waals surface area contributed by atoms with Gasteiger partial charge in [-0.2, -0.15) is 0 Å². The molecule has 0 radical (unpaired) electrons. The van der Waals surface area contributed by atoms with Crippen molar-refractivity contribution in [2.45, 2.75) is 25.0 Å². The molecule has 0 unspecified atom stereocenters. The molecule has 1 saturated heterocycles. The average Bonchev–Trinajstić information content (AvgIpc) is 2.93. The third-order valence-electron chi connectivity index (χ3n) is 3.13. The molecular formula is C11H13N3O3S. The normalized spacial score (nSPS) is 23.8. The summed E-state index contributed by atoms with van der Waals surface area (Å²) in [6.07, 6.45) is 1.41. The molecule has 0 bridgehead atoms. The van der Waals surface area contributed by atoms with Gasteiger partial charge in [-0.05, 0) is 18.2 Å². The predicted molar refractivity (Wildman–Crippen MR) is 68.6 cm³/mol. The molecule has 96 valence electrons. The molecular weight excluding hydrogens is 254 g/mol. The summed E-state index contributed by atoms with van der Waals surface area (Å²) in [6.45, 7) is 0.0225. The van der Waals surface area contributed by atoms with Crippen LogP contribution in [-0.4, -0.2) is 27.8 Å². The van der Waals surface area contributed by atoms with Crippen LogP contribution in [0.15, 0.2) is 10.2 Å². The predicted octanol–water partition coefficient (Wildman–Crippen LogP) is 0.779. The number of rotatable bonds is 2. The van der Waals surface area contributed by atoms with Crippen LogP contribution in [0, 0.1) is 0 Å². The van der Waals surface area contributed by atoms with Crippen molar-refractivity contribution in [2.24, 2.45) is 0 Å². The molecule has 3 heterocycles. The van der Waals surface area contributed by atoms with Crippen molar-refractivity contribution < 1.29 is 9.84 Å². The van der Waals surface area contributed by atoms with E-state index in [0.717, 1.165) is 18.4 Å². The van der Waals surface area contributed by atoms with Crippen molar-refractivity contribution in [1.82, 2.24) is 9.97 Å². The smallest absolute Gasteiger partial charge is 0.270 e. The topological polar surface area (TPSA) is 101 Å². The Morgan fingerprint density at radius 2 is 2.44 bits per heavy atom. The highest BCUT2D eigenvalue weighted by Crippen LogP contribution is 2.37. The van der Waals surface area contributed by atoms with E-state index in [1.807, 2.05) is 5.38 Å². The van der Waals surface area contributed by atoms with Crippen molar-refractivity contribution in [1.29, 1.82) is 0 Å². The third kappa shape index (κ3) is 1.80. The van der Waals surface area contributed by atoms with Gasteiger partial charge in [0.15, 0.2) is 0 Å². The molecule has 6 nitrogen and oxygen atoms in total. The van der Waals surface area contributed by atoms with Gasteiger partial charge < -0.3 is 15.6 Å². The molecule has 7 heteroatoms. The van der Waals surface area contributed by atoms with Gasteiger partial charge in [-0.15, -0.1) is 11.3 Å². The maximum absolute atomic E-state index is 11.7. The minimum absolute atomic E-state index is 0.0225. The molecule has 2 aromatic heterocycles. The fraction of sp³-hybridized carbons (Fsp3) is 0.455. The van der Waals surface area contributed by atoms with E-state index in [2.05, 4.69) is 9.97 Å². The van der Waals surface area contributed by atoms with Crippen LogP contribution in [0.25, 0.3) is 10.2 Å². The zero-order chi connectivity index (χ0) is 12.7. The Kier molecular flexibility index (Phi) is 2.81. The van der Waals surface area contributed by atoms with Gasteiger partial charge in [0, 0.05) is 5.56 Å². The van der Waals surface area contributed by atoms with Gasteiger partial charge in [-0.3, -0.25) is 9.78 Å². The summed E-state index contributed by atoms with van der Waals surface area (Å²) in [7, 11) is 0. The summed E-state index contributed by atoms with van der Waals surface area (Å²) < 4.78 is 6.27. The van der Waals surface area contributed by atoms with Gasteiger partial charge in [0.05, 0.1) is 24.3 Å². The Morgan fingerprint density at radius 1 is 1.61 bits per heavy atom. The summed E-state index contributed by atoms with van der Waals surface area (Å²) in [5, 5.41) is 11.0. The molecule has 0 spiro atoms. The Hall–Kier alpha value is -1.44. The average molecular weight is 267 g/mol. The molecule has 0 aromatic carbocycles. The summed E-state index contributed by atoms with van der Waals surface area (Å²) in [6, 6.07) is 0. The maximum Gasteiger partial charge on any atom is 0.270 e. The number of thiophene rings is 1. The monoisotopic (exact) mass is 267 g/mol. The number of hydrogen-bond acceptors (Lipinski definition) is 6. The van der Waals surface area contributed by atoms with E-state index in [0.29, 0.717) is 10.2 Å². The van der Waals surface area contributed by atoms with Gasteiger partial charge in [-0.1, -0.05) is 0 Å². The lowest BCUT2D eigenvalue weighted by Gasteiger charge is -2.10. The second-order valence-corrected chi connectivity index (χ2v) is 5.21. The molecule has 1 fully saturated rings. The molecule has 3 rings (SSSR count). The van der Waals surface area contributed by atoms with Gasteiger partial charge in [0.25, 0.3) is 5.56 Å². The van der Waals surface area contributed by atoms with Crippen LogP contribution in [0.2, 0.25) is 0 Å². The zero-order valence-corrected chi connectivity index (χ0v) is 10.4. The van der Waals surface area contributed by atoms with E-state index in [4.69, 9.17) is 15.6 Å². The van der Waals surface area contributed by atoms with Gasteiger partial charge >= 0.3 is 0 Å². The molecule has 0 aliphatic carbocycles. The highest BCUT2D eigenvalue weighted by atomic mass is 32.1. The van der Waals surface area contributed by atoms with E-state index >= 15 is 0 Å². The first-order valence-corrected chi connectivity index (χ1v) is 6.60. The Balaban J connectivity index is 2.05. The lowest BCUT2D eigenvalue weighted by Crippen LogP contribution is -2.12. The number of aliphatic hydroxyl groups excluding tert-OH is 1. The van der Waals surface area contributed by atoms with Crippen LogP contribution in [0.5, 0.6) is 0 Å². The first-order valence-electron chi connectivity index (χ1n) is 5.72. The zero-order valence-electron chi connectivity index (χ0n) is 9.55. The van der Waals surface area contributed by atoms with Gasteiger partial charge in [-0.25, -0.2) is 4.98 Å². The minimum atomic E-state index is -0.217. The summed E-state index contributed by atoms with van der Waals surface area (Å²) in [5.41, 5.74) is 6.85. The number of ether oxygens (including phenoxy) is 1. The Bertz CT molecular complexity index is 636. The number of anilines is 1. The number of aliphatic hydroxyl groups is 1. The van der Waals surface area contributed by atoms with Crippen molar-refractivity contribution in [3.8, 4) is 0 Å². The Labute approximate surface area is 106 Å². The van der Waals surface area contributed by atoms with Gasteiger partial charge in [0.1, 0.15) is 4.70 Å². The lowest BCUT2D eigenvalue weighted by atomic mass is 10.1. The van der Waals surface area contributed by atoms with E-state index < -0.39 is 0 Å². The molecule has 0 saturated carbocycles. The largest absolute Gasteiger partial charge is 0.394 e. The van der Waals surface area contributed by atoms with Crippen molar-refractivity contribution in [2.75, 3.05) is 12.3 Å². The first-order chi connectivity index (χ1) is 8.69. The number of nitrogens with two attached hydrogens (primary N) is 1. The molecule has 18 heavy (non-hydrogen) atoms. The van der Waals surface area contributed by atoms with Crippen LogP contribution in [0.4, 0.5) is 5.95 Å². The molecule has 4 N–H and O–H groups in total. The number of nitrogens with zero attached hydrogens (tertiary/aromatic N) is 1. The van der Waals surface area contributed by atoms with Crippen molar-refractivity contribution in [3.05, 3.63) is 21.3 Å². The summed E-state index contributed by atoms with van der Waals surface area (Å²) in [4.78, 5) is 18.4. The minimum Gasteiger partial charge on any atom is -0.394 e. The van der Waals surface area contributed by atoms with E-state index in [1.165, 1.54) is 11.3 Å². The fourth-order valence-electron chi connectivity index (χ4n) is 2.26. The number of aromatic nitrogens is 2. The van der Waals surface area contributed by atoms with Crippen LogP contribution >= 0.6 is 11.3 Å². The molecule has 1 aliphatic rings.